The highest BCUT2D eigenvalue weighted by molar-refractivity contribution is 7.15. The molecule has 100 valence electrons. The standard InChI is InChI=1S/C15H19N3S/c1-10-7-12-5-3-4-6-13(12)18(9-10)15-17-8-14(19-15)11(2)16/h3-6,8,10-11H,7,9,16H2,1-2H3. The molecule has 4 heteroatoms. The molecule has 1 aromatic heterocycles. The highest BCUT2D eigenvalue weighted by Crippen LogP contribution is 2.37. The van der Waals surface area contributed by atoms with Crippen LogP contribution in [0, 0.1) is 5.92 Å². The molecule has 0 radical (unpaired) electrons. The molecule has 2 unspecified atom stereocenters. The molecule has 2 N–H and O–H groups in total. The second-order valence-corrected chi connectivity index (χ2v) is 6.42. The first kappa shape index (κ1) is 12.6. The summed E-state index contributed by atoms with van der Waals surface area (Å²) in [6.07, 6.45) is 3.06. The number of fused-ring (bicyclic) bond motifs is 1. The molecule has 0 saturated heterocycles. The van der Waals surface area contributed by atoms with Crippen LogP contribution in [0.4, 0.5) is 10.8 Å². The third-order valence-corrected chi connectivity index (χ3v) is 4.76. The maximum absolute atomic E-state index is 5.93. The van der Waals surface area contributed by atoms with Gasteiger partial charge in [0.25, 0.3) is 0 Å². The maximum atomic E-state index is 5.93. The Morgan fingerprint density at radius 2 is 2.21 bits per heavy atom. The molecule has 3 nitrogen and oxygen atoms in total. The van der Waals surface area contributed by atoms with Gasteiger partial charge in [-0.3, -0.25) is 0 Å². The quantitative estimate of drug-likeness (QED) is 0.910. The van der Waals surface area contributed by atoms with Gasteiger partial charge < -0.3 is 10.6 Å². The number of nitrogens with zero attached hydrogens (tertiary/aromatic N) is 2. The van der Waals surface area contributed by atoms with Gasteiger partial charge in [0.2, 0.25) is 0 Å². The molecule has 2 aromatic rings. The van der Waals surface area contributed by atoms with Crippen LogP contribution in [0.25, 0.3) is 0 Å². The van der Waals surface area contributed by atoms with E-state index in [-0.39, 0.29) is 6.04 Å². The Labute approximate surface area is 118 Å². The number of hydrogen-bond acceptors (Lipinski definition) is 4. The molecule has 1 aliphatic heterocycles. The monoisotopic (exact) mass is 273 g/mol. The predicted octanol–water partition coefficient (Wildman–Crippen LogP) is 3.49. The smallest absolute Gasteiger partial charge is 0.190 e. The van der Waals surface area contributed by atoms with E-state index in [1.807, 2.05) is 13.1 Å². The Morgan fingerprint density at radius 1 is 1.42 bits per heavy atom. The zero-order valence-electron chi connectivity index (χ0n) is 11.3. The Bertz CT molecular complexity index is 576. The van der Waals surface area contributed by atoms with E-state index in [1.165, 1.54) is 11.3 Å². The van der Waals surface area contributed by atoms with Crippen molar-refractivity contribution in [2.75, 3.05) is 11.4 Å². The number of aromatic nitrogens is 1. The van der Waals surface area contributed by atoms with Gasteiger partial charge in [-0.1, -0.05) is 36.5 Å². The number of nitrogens with two attached hydrogens (primary N) is 1. The van der Waals surface area contributed by atoms with Crippen LogP contribution in [0.15, 0.2) is 30.5 Å². The molecular weight excluding hydrogens is 254 g/mol. The summed E-state index contributed by atoms with van der Waals surface area (Å²) in [7, 11) is 0. The molecule has 19 heavy (non-hydrogen) atoms. The number of benzene rings is 1. The highest BCUT2D eigenvalue weighted by atomic mass is 32.1. The first-order valence-electron chi connectivity index (χ1n) is 6.72. The van der Waals surface area contributed by atoms with E-state index in [2.05, 4.69) is 41.1 Å². The van der Waals surface area contributed by atoms with Crippen molar-refractivity contribution >= 4 is 22.2 Å². The lowest BCUT2D eigenvalue weighted by atomic mass is 9.94. The number of anilines is 2. The average Bonchev–Trinajstić information content (AvgIpc) is 2.87. The minimum absolute atomic E-state index is 0.0590. The zero-order valence-corrected chi connectivity index (χ0v) is 12.2. The second kappa shape index (κ2) is 4.94. The van der Waals surface area contributed by atoms with Crippen molar-refractivity contribution in [1.29, 1.82) is 0 Å². The van der Waals surface area contributed by atoms with Crippen molar-refractivity contribution < 1.29 is 0 Å². The lowest BCUT2D eigenvalue weighted by molar-refractivity contribution is 0.562. The predicted molar refractivity (Wildman–Crippen MR) is 81.0 cm³/mol. The van der Waals surface area contributed by atoms with Crippen LogP contribution in [-0.2, 0) is 6.42 Å². The summed E-state index contributed by atoms with van der Waals surface area (Å²) in [5.74, 6) is 0.651. The van der Waals surface area contributed by atoms with Crippen molar-refractivity contribution in [2.24, 2.45) is 11.7 Å². The van der Waals surface area contributed by atoms with E-state index >= 15 is 0 Å². The largest absolute Gasteiger partial charge is 0.323 e. The van der Waals surface area contributed by atoms with Crippen molar-refractivity contribution in [1.82, 2.24) is 4.98 Å². The summed E-state index contributed by atoms with van der Waals surface area (Å²) >= 11 is 1.70. The van der Waals surface area contributed by atoms with Gasteiger partial charge in [0, 0.05) is 29.3 Å². The summed E-state index contributed by atoms with van der Waals surface area (Å²) in [6, 6.07) is 8.68. The maximum Gasteiger partial charge on any atom is 0.190 e. The zero-order chi connectivity index (χ0) is 13.4. The normalized spacial score (nSPS) is 20.2. The first-order chi connectivity index (χ1) is 9.15. The molecule has 0 spiro atoms. The van der Waals surface area contributed by atoms with Gasteiger partial charge in [-0.25, -0.2) is 4.98 Å². The summed E-state index contributed by atoms with van der Waals surface area (Å²) < 4.78 is 0. The average molecular weight is 273 g/mol. The number of thiazole rings is 1. The van der Waals surface area contributed by atoms with Gasteiger partial charge in [-0.2, -0.15) is 0 Å². The van der Waals surface area contributed by atoms with Crippen LogP contribution in [0.3, 0.4) is 0 Å². The van der Waals surface area contributed by atoms with Gasteiger partial charge in [-0.05, 0) is 30.9 Å². The van der Waals surface area contributed by atoms with Crippen LogP contribution >= 0.6 is 11.3 Å². The molecule has 1 aliphatic rings. The molecule has 2 heterocycles. The van der Waals surface area contributed by atoms with Crippen LogP contribution in [0.2, 0.25) is 0 Å². The minimum atomic E-state index is 0.0590. The summed E-state index contributed by atoms with van der Waals surface area (Å²) in [4.78, 5) is 8.04. The SMILES string of the molecule is CC1Cc2ccccc2N(c2ncc(C(C)N)s2)C1. The third kappa shape index (κ3) is 2.38. The molecular formula is C15H19N3S. The fraction of sp³-hybridized carbons (Fsp3) is 0.400. The van der Waals surface area contributed by atoms with Crippen LogP contribution in [0.5, 0.6) is 0 Å². The Kier molecular flexibility index (Phi) is 3.29. The second-order valence-electron chi connectivity index (χ2n) is 5.38. The first-order valence-corrected chi connectivity index (χ1v) is 7.53. The van der Waals surface area contributed by atoms with Gasteiger partial charge in [0.05, 0.1) is 0 Å². The number of rotatable bonds is 2. The Balaban J connectivity index is 2.00. The van der Waals surface area contributed by atoms with Crippen molar-refractivity contribution in [3.05, 3.63) is 40.9 Å². The molecule has 0 fully saturated rings. The van der Waals surface area contributed by atoms with E-state index in [0.29, 0.717) is 5.92 Å². The molecule has 0 amide bonds. The van der Waals surface area contributed by atoms with E-state index in [9.17, 15) is 0 Å². The summed E-state index contributed by atoms with van der Waals surface area (Å²) in [5.41, 5.74) is 8.64. The van der Waals surface area contributed by atoms with Gasteiger partial charge >= 0.3 is 0 Å². The van der Waals surface area contributed by atoms with Crippen LogP contribution in [0.1, 0.15) is 30.3 Å². The van der Waals surface area contributed by atoms with Crippen LogP contribution in [-0.4, -0.2) is 11.5 Å². The van der Waals surface area contributed by atoms with Crippen molar-refractivity contribution in [2.45, 2.75) is 26.3 Å². The number of hydrogen-bond donors (Lipinski definition) is 1. The minimum Gasteiger partial charge on any atom is -0.323 e. The van der Waals surface area contributed by atoms with Gasteiger partial charge in [0.1, 0.15) is 0 Å². The highest BCUT2D eigenvalue weighted by Gasteiger charge is 2.24. The molecule has 0 bridgehead atoms. The summed E-state index contributed by atoms with van der Waals surface area (Å²) in [5, 5.41) is 1.06. The topological polar surface area (TPSA) is 42.2 Å². The van der Waals surface area contributed by atoms with E-state index in [4.69, 9.17) is 5.73 Å². The van der Waals surface area contributed by atoms with E-state index in [0.717, 1.165) is 23.0 Å². The number of para-hydroxylation sites is 1. The molecule has 1 aromatic carbocycles. The molecule has 0 aliphatic carbocycles. The van der Waals surface area contributed by atoms with Gasteiger partial charge in [0.15, 0.2) is 5.13 Å². The van der Waals surface area contributed by atoms with Crippen molar-refractivity contribution in [3.8, 4) is 0 Å². The third-order valence-electron chi connectivity index (χ3n) is 3.54. The van der Waals surface area contributed by atoms with Crippen LogP contribution < -0.4 is 10.6 Å². The van der Waals surface area contributed by atoms with E-state index < -0.39 is 0 Å². The molecule has 0 saturated carbocycles. The Hall–Kier alpha value is -1.39. The van der Waals surface area contributed by atoms with Gasteiger partial charge in [-0.15, -0.1) is 0 Å². The van der Waals surface area contributed by atoms with Crippen molar-refractivity contribution in [3.63, 3.8) is 0 Å². The fourth-order valence-electron chi connectivity index (χ4n) is 2.59. The molecule has 3 rings (SSSR count). The lowest BCUT2D eigenvalue weighted by Gasteiger charge is -2.32. The van der Waals surface area contributed by atoms with E-state index in [1.54, 1.807) is 11.3 Å². The summed E-state index contributed by atoms with van der Waals surface area (Å²) in [6.45, 7) is 5.33. The Morgan fingerprint density at radius 3 is 2.95 bits per heavy atom. The molecule has 2 atom stereocenters. The fourth-order valence-corrected chi connectivity index (χ4v) is 3.48. The lowest BCUT2D eigenvalue weighted by Crippen LogP contribution is -2.30.